The van der Waals surface area contributed by atoms with Crippen LogP contribution in [0.15, 0.2) is 73.1 Å². The Morgan fingerprint density at radius 2 is 1.94 bits per heavy atom. The Balaban J connectivity index is 1.37. The lowest BCUT2D eigenvalue weighted by Gasteiger charge is -2.32. The van der Waals surface area contributed by atoms with E-state index >= 15 is 0 Å². The number of benzene rings is 2. The molecule has 1 fully saturated rings. The molecule has 8 heteroatoms. The smallest absolute Gasteiger partial charge is 0.258 e. The number of pyridine rings is 2. The first-order valence-electron chi connectivity index (χ1n) is 10.7. The highest BCUT2D eigenvalue weighted by atomic mass is 32.2. The minimum atomic E-state index is -0.545. The number of nitrogens with zero attached hydrogens (tertiary/aromatic N) is 4. The zero-order valence-corrected chi connectivity index (χ0v) is 18.8. The van der Waals surface area contributed by atoms with E-state index in [2.05, 4.69) is 19.6 Å². The van der Waals surface area contributed by atoms with Crippen LogP contribution in [0.3, 0.4) is 0 Å². The lowest BCUT2D eigenvalue weighted by Crippen LogP contribution is -2.31. The van der Waals surface area contributed by atoms with Gasteiger partial charge in [-0.25, -0.2) is 8.70 Å². The van der Waals surface area contributed by atoms with E-state index in [-0.39, 0.29) is 5.56 Å². The number of amides is 1. The van der Waals surface area contributed by atoms with Gasteiger partial charge in [-0.15, -0.1) is 0 Å². The Morgan fingerprint density at radius 1 is 1.03 bits per heavy atom. The number of carbonyl (C=O) groups is 1. The van der Waals surface area contributed by atoms with Crippen molar-refractivity contribution < 1.29 is 9.18 Å². The molecule has 5 rings (SSSR count). The summed E-state index contributed by atoms with van der Waals surface area (Å²) < 4.78 is 19.0. The van der Waals surface area contributed by atoms with E-state index in [0.29, 0.717) is 5.69 Å². The van der Waals surface area contributed by atoms with Gasteiger partial charge in [-0.1, -0.05) is 12.1 Å². The van der Waals surface area contributed by atoms with Crippen LogP contribution in [0.2, 0.25) is 0 Å². The third-order valence-electron chi connectivity index (χ3n) is 5.48. The third-order valence-corrected chi connectivity index (χ3v) is 6.53. The number of hydrogen-bond acceptors (Lipinski definition) is 6. The van der Waals surface area contributed by atoms with E-state index in [1.165, 1.54) is 12.1 Å². The van der Waals surface area contributed by atoms with Crippen molar-refractivity contribution in [3.05, 3.63) is 84.4 Å². The molecule has 0 unspecified atom stereocenters. The number of anilines is 2. The highest BCUT2D eigenvalue weighted by molar-refractivity contribution is 7.98. The molecule has 0 radical (unpaired) electrons. The molecule has 0 atom stereocenters. The van der Waals surface area contributed by atoms with Gasteiger partial charge in [0, 0.05) is 54.3 Å². The van der Waals surface area contributed by atoms with E-state index in [1.807, 2.05) is 47.8 Å². The van der Waals surface area contributed by atoms with Crippen LogP contribution in [0.5, 0.6) is 0 Å². The fraction of sp³-hybridized carbons (Fsp3) is 0.160. The molecule has 1 amide bonds. The maximum Gasteiger partial charge on any atom is 0.258 e. The predicted octanol–water partition coefficient (Wildman–Crippen LogP) is 5.39. The van der Waals surface area contributed by atoms with Gasteiger partial charge in [0.05, 0.1) is 22.5 Å². The maximum atomic E-state index is 14.8. The lowest BCUT2D eigenvalue weighted by molar-refractivity contribution is 0.102. The quantitative estimate of drug-likeness (QED) is 0.413. The summed E-state index contributed by atoms with van der Waals surface area (Å²) in [6, 6.07) is 17.8. The summed E-state index contributed by atoms with van der Waals surface area (Å²) in [4.78, 5) is 21.7. The summed E-state index contributed by atoms with van der Waals surface area (Å²) in [6.07, 6.45) is 4.46. The summed E-state index contributed by atoms with van der Waals surface area (Å²) in [5, 5.41) is 3.74. The van der Waals surface area contributed by atoms with Crippen LogP contribution in [0.4, 0.5) is 15.8 Å². The molecule has 6 nitrogen and oxygen atoms in total. The van der Waals surface area contributed by atoms with Crippen LogP contribution < -0.4 is 9.62 Å². The highest BCUT2D eigenvalue weighted by Gasteiger charge is 2.19. The van der Waals surface area contributed by atoms with Crippen LogP contribution in [0.1, 0.15) is 16.8 Å². The molecule has 2 aromatic carbocycles. The molecule has 3 heterocycles. The van der Waals surface area contributed by atoms with E-state index < -0.39 is 11.7 Å². The van der Waals surface area contributed by atoms with Crippen molar-refractivity contribution in [2.45, 2.75) is 6.42 Å². The first-order chi connectivity index (χ1) is 16.1. The summed E-state index contributed by atoms with van der Waals surface area (Å²) in [5.41, 5.74) is 3.78. The molecule has 166 valence electrons. The minimum Gasteiger partial charge on any atom is -0.322 e. The number of aromatic nitrogens is 2. The summed E-state index contributed by atoms with van der Waals surface area (Å²) >= 11 is 1.55. The van der Waals surface area contributed by atoms with Crippen molar-refractivity contribution in [3.63, 3.8) is 0 Å². The number of hydrogen-bond donors (Lipinski definition) is 1. The molecular weight excluding hydrogens is 437 g/mol. The minimum absolute atomic E-state index is 0.00648. The van der Waals surface area contributed by atoms with Gasteiger partial charge in [0.15, 0.2) is 0 Å². The molecule has 1 aliphatic rings. The summed E-state index contributed by atoms with van der Waals surface area (Å²) in [7, 11) is 2.01. The van der Waals surface area contributed by atoms with Crippen LogP contribution in [0, 0.1) is 5.82 Å². The second-order valence-corrected chi connectivity index (χ2v) is 9.04. The Bertz CT molecular complexity index is 1330. The van der Waals surface area contributed by atoms with Crippen molar-refractivity contribution in [1.29, 1.82) is 0 Å². The van der Waals surface area contributed by atoms with Gasteiger partial charge < -0.3 is 9.62 Å². The first-order valence-corrected chi connectivity index (χ1v) is 11.4. The Kier molecular flexibility index (Phi) is 5.93. The number of rotatable bonds is 4. The van der Waals surface area contributed by atoms with Gasteiger partial charge in [-0.2, -0.15) is 0 Å². The van der Waals surface area contributed by atoms with Crippen LogP contribution in [-0.2, 0) is 0 Å². The Morgan fingerprint density at radius 3 is 2.79 bits per heavy atom. The van der Waals surface area contributed by atoms with Gasteiger partial charge in [-0.3, -0.25) is 14.8 Å². The molecule has 0 bridgehead atoms. The predicted molar refractivity (Wildman–Crippen MR) is 132 cm³/mol. The molecule has 33 heavy (non-hydrogen) atoms. The van der Waals surface area contributed by atoms with Gasteiger partial charge >= 0.3 is 0 Å². The van der Waals surface area contributed by atoms with E-state index in [4.69, 9.17) is 0 Å². The van der Waals surface area contributed by atoms with Crippen molar-refractivity contribution in [1.82, 2.24) is 14.3 Å². The monoisotopic (exact) mass is 459 g/mol. The van der Waals surface area contributed by atoms with Crippen LogP contribution in [0.25, 0.3) is 22.2 Å². The second-order valence-electron chi connectivity index (χ2n) is 7.82. The van der Waals surface area contributed by atoms with E-state index in [9.17, 15) is 9.18 Å². The standard InChI is InChI=1S/C25H22FN5OS/c1-30-13-4-14-31(33-30)19-8-9-20(22(26)16-19)25(32)29-18-6-2-5-17(15-18)24-21-7-3-11-27-23(21)10-12-28-24/h2-3,5-12,15-16H,4,13-14H2,1H3,(H,29,32). The molecule has 0 spiro atoms. The van der Waals surface area contributed by atoms with E-state index in [0.717, 1.165) is 47.4 Å². The van der Waals surface area contributed by atoms with Crippen molar-refractivity contribution >= 4 is 40.3 Å². The number of fused-ring (bicyclic) bond motifs is 1. The zero-order chi connectivity index (χ0) is 22.8. The largest absolute Gasteiger partial charge is 0.322 e. The van der Waals surface area contributed by atoms with Crippen molar-refractivity contribution in [3.8, 4) is 11.3 Å². The normalized spacial score (nSPS) is 14.4. The molecular formula is C25H22FN5OS. The molecule has 1 N–H and O–H groups in total. The van der Waals surface area contributed by atoms with Crippen molar-refractivity contribution in [2.75, 3.05) is 29.8 Å². The Labute approximate surface area is 195 Å². The van der Waals surface area contributed by atoms with E-state index in [1.54, 1.807) is 36.7 Å². The van der Waals surface area contributed by atoms with Crippen LogP contribution in [-0.4, -0.2) is 40.3 Å². The fourth-order valence-electron chi connectivity index (χ4n) is 3.88. The summed E-state index contributed by atoms with van der Waals surface area (Å²) in [6.45, 7) is 1.83. The highest BCUT2D eigenvalue weighted by Crippen LogP contribution is 2.30. The number of nitrogens with one attached hydrogen (secondary N) is 1. The van der Waals surface area contributed by atoms with Gasteiger partial charge in [0.25, 0.3) is 5.91 Å². The molecule has 0 saturated carbocycles. The first kappa shape index (κ1) is 21.4. The lowest BCUT2D eigenvalue weighted by atomic mass is 10.1. The van der Waals surface area contributed by atoms with Crippen molar-refractivity contribution in [2.24, 2.45) is 0 Å². The Hall–Kier alpha value is -3.49. The molecule has 1 saturated heterocycles. The zero-order valence-electron chi connectivity index (χ0n) is 18.0. The van der Waals surface area contributed by atoms with Gasteiger partial charge in [0.1, 0.15) is 5.82 Å². The average Bonchev–Trinajstić information content (AvgIpc) is 2.83. The van der Waals surface area contributed by atoms with Crippen LogP contribution >= 0.6 is 12.1 Å². The molecule has 2 aromatic heterocycles. The van der Waals surface area contributed by atoms with Gasteiger partial charge in [0.2, 0.25) is 0 Å². The third kappa shape index (κ3) is 4.53. The topological polar surface area (TPSA) is 61.4 Å². The molecule has 4 aromatic rings. The number of carbonyl (C=O) groups excluding carboxylic acids is 1. The number of halogens is 1. The molecule has 1 aliphatic heterocycles. The summed E-state index contributed by atoms with van der Waals surface area (Å²) in [5.74, 6) is -1.04. The average molecular weight is 460 g/mol. The second kappa shape index (κ2) is 9.17. The maximum absolute atomic E-state index is 14.8. The molecule has 0 aliphatic carbocycles. The SMILES string of the molecule is CN1CCCN(c2ccc(C(=O)Nc3cccc(-c4nccc5ncccc45)c3)c(F)c2)S1. The van der Waals surface area contributed by atoms with Gasteiger partial charge in [-0.05, 0) is 62.0 Å². The fourth-order valence-corrected chi connectivity index (χ4v) is 4.85.